The number of rotatable bonds is 4. The van der Waals surface area contributed by atoms with Crippen molar-refractivity contribution in [2.24, 2.45) is 0 Å². The summed E-state index contributed by atoms with van der Waals surface area (Å²) in [6, 6.07) is 22.0. The Morgan fingerprint density at radius 1 is 0.923 bits per heavy atom. The molecule has 0 bridgehead atoms. The second-order valence-electron chi connectivity index (χ2n) is 5.97. The van der Waals surface area contributed by atoms with E-state index in [-0.39, 0.29) is 0 Å². The monoisotopic (exact) mass is 342 g/mol. The first-order valence-electron chi connectivity index (χ1n) is 8.20. The molecule has 0 amide bonds. The first-order valence-corrected chi connectivity index (χ1v) is 8.20. The van der Waals surface area contributed by atoms with Crippen molar-refractivity contribution in [1.29, 1.82) is 0 Å². The molecule has 3 aromatic rings. The van der Waals surface area contributed by atoms with E-state index in [9.17, 15) is 9.90 Å². The number of aliphatic hydroxyl groups is 1. The summed E-state index contributed by atoms with van der Waals surface area (Å²) in [5.41, 5.74) is 4.32. The molecule has 0 aliphatic carbocycles. The molecule has 3 aromatic carbocycles. The highest BCUT2D eigenvalue weighted by molar-refractivity contribution is 5.91. The van der Waals surface area contributed by atoms with Crippen molar-refractivity contribution < 1.29 is 14.6 Å². The summed E-state index contributed by atoms with van der Waals surface area (Å²) < 4.78 is 5.40. The average Bonchev–Trinajstić information content (AvgIpc) is 2.69. The molecule has 0 heterocycles. The molecular weight excluding hydrogens is 324 g/mol. The van der Waals surface area contributed by atoms with Crippen molar-refractivity contribution in [3.05, 3.63) is 89.5 Å². The predicted molar refractivity (Wildman–Crippen MR) is 102 cm³/mol. The number of carbonyl (C=O) groups is 1. The molecule has 0 spiro atoms. The lowest BCUT2D eigenvalue weighted by Crippen LogP contribution is -2.08. The normalized spacial score (nSPS) is 11.4. The highest BCUT2D eigenvalue weighted by Gasteiger charge is 2.10. The predicted octanol–water partition coefficient (Wildman–Crippen LogP) is 4.55. The second-order valence-corrected chi connectivity index (χ2v) is 5.97. The maximum absolute atomic E-state index is 12.2. The van der Waals surface area contributed by atoms with Crippen LogP contribution >= 0.6 is 0 Å². The summed E-state index contributed by atoms with van der Waals surface area (Å²) in [5.74, 6) is 2.24. The van der Waals surface area contributed by atoms with Crippen LogP contribution in [0.15, 0.2) is 72.8 Å². The first-order chi connectivity index (χ1) is 12.6. The Bertz CT molecular complexity index is 931. The molecule has 26 heavy (non-hydrogen) atoms. The van der Waals surface area contributed by atoms with Gasteiger partial charge in [-0.2, -0.15) is 0 Å². The number of esters is 1. The number of terminal acetylenes is 1. The number of hydrogen-bond donors (Lipinski definition) is 1. The van der Waals surface area contributed by atoms with Crippen LogP contribution in [0.5, 0.6) is 5.75 Å². The summed E-state index contributed by atoms with van der Waals surface area (Å²) in [6.07, 6.45) is 4.20. The summed E-state index contributed by atoms with van der Waals surface area (Å²) in [5, 5.41) is 9.58. The lowest BCUT2D eigenvalue weighted by Gasteiger charge is -2.08. The van der Waals surface area contributed by atoms with Gasteiger partial charge in [0.05, 0.1) is 5.56 Å². The minimum absolute atomic E-state index is 0.389. The molecule has 3 heteroatoms. The molecule has 0 radical (unpaired) electrons. The van der Waals surface area contributed by atoms with E-state index in [1.807, 2.05) is 19.1 Å². The zero-order valence-electron chi connectivity index (χ0n) is 14.3. The van der Waals surface area contributed by atoms with Gasteiger partial charge < -0.3 is 9.84 Å². The number of benzene rings is 3. The fourth-order valence-corrected chi connectivity index (χ4v) is 2.53. The fourth-order valence-electron chi connectivity index (χ4n) is 2.53. The van der Waals surface area contributed by atoms with E-state index < -0.39 is 12.1 Å². The van der Waals surface area contributed by atoms with Crippen LogP contribution in [-0.2, 0) is 0 Å². The van der Waals surface area contributed by atoms with Crippen LogP contribution in [0.2, 0.25) is 0 Å². The van der Waals surface area contributed by atoms with Gasteiger partial charge in [-0.1, -0.05) is 60.0 Å². The molecule has 3 nitrogen and oxygen atoms in total. The van der Waals surface area contributed by atoms with Gasteiger partial charge in [-0.25, -0.2) is 4.79 Å². The summed E-state index contributed by atoms with van der Waals surface area (Å²) >= 11 is 0. The molecule has 0 aliphatic rings. The largest absolute Gasteiger partial charge is 0.423 e. The smallest absolute Gasteiger partial charge is 0.343 e. The van der Waals surface area contributed by atoms with Gasteiger partial charge in [0, 0.05) is 0 Å². The van der Waals surface area contributed by atoms with Gasteiger partial charge in [-0.3, -0.25) is 0 Å². The van der Waals surface area contributed by atoms with Gasteiger partial charge in [0.25, 0.3) is 0 Å². The quantitative estimate of drug-likeness (QED) is 0.430. The number of aryl methyl sites for hydroxylation is 1. The number of ether oxygens (including phenoxy) is 1. The standard InChI is InChI=1S/C23H18O3/c1-3-22(24)19-8-10-20(11-9-19)23(25)26-21-14-12-18(13-15-21)17-6-4-16(2)5-7-17/h1,4-15,22,24H,2H3. The molecule has 1 atom stereocenters. The Morgan fingerprint density at radius 3 is 2.00 bits per heavy atom. The fraction of sp³-hybridized carbons (Fsp3) is 0.0870. The van der Waals surface area contributed by atoms with E-state index in [1.165, 1.54) is 5.56 Å². The Hall–Kier alpha value is -3.35. The third-order valence-corrected chi connectivity index (χ3v) is 4.07. The van der Waals surface area contributed by atoms with Crippen LogP contribution in [0.1, 0.15) is 27.6 Å². The van der Waals surface area contributed by atoms with Gasteiger partial charge >= 0.3 is 5.97 Å². The zero-order chi connectivity index (χ0) is 18.5. The Kier molecular flexibility index (Phi) is 5.17. The first kappa shape index (κ1) is 17.5. The minimum Gasteiger partial charge on any atom is -0.423 e. The van der Waals surface area contributed by atoms with Crippen molar-refractivity contribution in [3.63, 3.8) is 0 Å². The maximum atomic E-state index is 12.2. The highest BCUT2D eigenvalue weighted by Crippen LogP contribution is 2.23. The van der Waals surface area contributed by atoms with E-state index in [0.29, 0.717) is 16.9 Å². The minimum atomic E-state index is -0.977. The second kappa shape index (κ2) is 7.69. The molecule has 3 rings (SSSR count). The molecular formula is C23H18O3. The van der Waals surface area contributed by atoms with Crippen molar-refractivity contribution in [1.82, 2.24) is 0 Å². The molecule has 1 N–H and O–H groups in total. The topological polar surface area (TPSA) is 46.5 Å². The third kappa shape index (κ3) is 4.00. The van der Waals surface area contributed by atoms with E-state index in [1.54, 1.807) is 36.4 Å². The molecule has 0 aliphatic heterocycles. The van der Waals surface area contributed by atoms with E-state index in [2.05, 4.69) is 30.2 Å². The Balaban J connectivity index is 1.69. The van der Waals surface area contributed by atoms with Crippen LogP contribution in [0, 0.1) is 19.3 Å². The van der Waals surface area contributed by atoms with Crippen LogP contribution in [0.25, 0.3) is 11.1 Å². The lowest BCUT2D eigenvalue weighted by molar-refractivity contribution is 0.0734. The van der Waals surface area contributed by atoms with Crippen LogP contribution in [-0.4, -0.2) is 11.1 Å². The van der Waals surface area contributed by atoms with Gasteiger partial charge in [0.1, 0.15) is 11.9 Å². The van der Waals surface area contributed by atoms with Gasteiger partial charge in [0.2, 0.25) is 0 Å². The molecule has 0 fully saturated rings. The molecule has 0 aromatic heterocycles. The lowest BCUT2D eigenvalue weighted by atomic mass is 10.0. The molecule has 0 saturated carbocycles. The summed E-state index contributed by atoms with van der Waals surface area (Å²) in [6.45, 7) is 2.05. The third-order valence-electron chi connectivity index (χ3n) is 4.07. The van der Waals surface area contributed by atoms with Crippen LogP contribution in [0.3, 0.4) is 0 Å². The van der Waals surface area contributed by atoms with Crippen LogP contribution < -0.4 is 4.74 Å². The van der Waals surface area contributed by atoms with Gasteiger partial charge in [-0.05, 0) is 47.9 Å². The van der Waals surface area contributed by atoms with Gasteiger partial charge in [-0.15, -0.1) is 6.42 Å². The van der Waals surface area contributed by atoms with Crippen LogP contribution in [0.4, 0.5) is 0 Å². The van der Waals surface area contributed by atoms with Crippen molar-refractivity contribution >= 4 is 5.97 Å². The molecule has 128 valence electrons. The summed E-state index contributed by atoms with van der Waals surface area (Å²) in [7, 11) is 0. The average molecular weight is 342 g/mol. The summed E-state index contributed by atoms with van der Waals surface area (Å²) in [4.78, 5) is 12.2. The zero-order valence-corrected chi connectivity index (χ0v) is 14.3. The van der Waals surface area contributed by atoms with E-state index in [4.69, 9.17) is 11.2 Å². The van der Waals surface area contributed by atoms with Crippen molar-refractivity contribution in [3.8, 4) is 29.2 Å². The molecule has 1 unspecified atom stereocenters. The van der Waals surface area contributed by atoms with Gasteiger partial charge in [0.15, 0.2) is 0 Å². The molecule has 0 saturated heterocycles. The highest BCUT2D eigenvalue weighted by atomic mass is 16.5. The van der Waals surface area contributed by atoms with E-state index in [0.717, 1.165) is 11.1 Å². The van der Waals surface area contributed by atoms with Crippen molar-refractivity contribution in [2.75, 3.05) is 0 Å². The van der Waals surface area contributed by atoms with E-state index >= 15 is 0 Å². The maximum Gasteiger partial charge on any atom is 0.343 e. The van der Waals surface area contributed by atoms with Crippen molar-refractivity contribution in [2.45, 2.75) is 13.0 Å². The Labute approximate surface area is 152 Å². The Morgan fingerprint density at radius 2 is 1.46 bits per heavy atom. The SMILES string of the molecule is C#CC(O)c1ccc(C(=O)Oc2ccc(-c3ccc(C)cc3)cc2)cc1. The number of aliphatic hydroxyl groups excluding tert-OH is 1. The number of hydrogen-bond acceptors (Lipinski definition) is 3. The number of carbonyl (C=O) groups excluding carboxylic acids is 1.